The van der Waals surface area contributed by atoms with Crippen LogP contribution in [-0.2, 0) is 21.7 Å². The van der Waals surface area contributed by atoms with Gasteiger partial charge in [0.2, 0.25) is 5.75 Å². The van der Waals surface area contributed by atoms with Gasteiger partial charge in [0, 0.05) is 23.8 Å². The zero-order valence-electron chi connectivity index (χ0n) is 24.9. The summed E-state index contributed by atoms with van der Waals surface area (Å²) in [5.41, 5.74) is 3.82. The van der Waals surface area contributed by atoms with Crippen molar-refractivity contribution in [1.29, 1.82) is 0 Å². The van der Waals surface area contributed by atoms with Crippen LogP contribution < -0.4 is 24.4 Å². The highest BCUT2D eigenvalue weighted by atomic mass is 32.2. The normalized spacial score (nSPS) is 13.5. The number of ether oxygens (including phenoxy) is 5. The highest BCUT2D eigenvalue weighted by molar-refractivity contribution is 7.98. The maximum atomic E-state index is 13.7. The van der Waals surface area contributed by atoms with Crippen molar-refractivity contribution in [3.8, 4) is 34.1 Å². The van der Waals surface area contributed by atoms with Crippen LogP contribution in [0.25, 0.3) is 11.1 Å². The summed E-state index contributed by atoms with van der Waals surface area (Å²) in [6.45, 7) is 1.26. The van der Waals surface area contributed by atoms with E-state index in [0.29, 0.717) is 51.9 Å². The number of carbonyl (C=O) groups excluding carboxylic acids is 2. The summed E-state index contributed by atoms with van der Waals surface area (Å²) in [5, 5.41) is 0. The lowest BCUT2D eigenvalue weighted by atomic mass is 9.96. The third kappa shape index (κ3) is 6.43. The first kappa shape index (κ1) is 30.7. The van der Waals surface area contributed by atoms with Crippen LogP contribution in [0.15, 0.2) is 88.6 Å². The molecule has 4 aromatic carbocycles. The highest BCUT2D eigenvalue weighted by Gasteiger charge is 2.31. The minimum absolute atomic E-state index is 0.0982. The number of para-hydroxylation sites is 1. The molecule has 1 atom stereocenters. The molecule has 0 aromatic heterocycles. The molecular formula is C35H32O8S. The number of thioether (sulfide) groups is 1. The second-order valence-electron chi connectivity index (χ2n) is 10.1. The van der Waals surface area contributed by atoms with Gasteiger partial charge >= 0.3 is 11.9 Å². The Kier molecular flexibility index (Phi) is 9.55. The Morgan fingerprint density at radius 2 is 1.57 bits per heavy atom. The van der Waals surface area contributed by atoms with E-state index in [2.05, 4.69) is 0 Å². The Labute approximate surface area is 259 Å². The van der Waals surface area contributed by atoms with Gasteiger partial charge in [0.1, 0.15) is 17.4 Å². The summed E-state index contributed by atoms with van der Waals surface area (Å²) in [7, 11) is 4.64. The number of benzene rings is 3. The number of hydrogen-bond acceptors (Lipinski definition) is 9. The van der Waals surface area contributed by atoms with Crippen molar-refractivity contribution >= 4 is 23.7 Å². The van der Waals surface area contributed by atoms with E-state index in [1.54, 1.807) is 38.5 Å². The predicted molar refractivity (Wildman–Crippen MR) is 168 cm³/mol. The van der Waals surface area contributed by atoms with Crippen LogP contribution in [0.4, 0.5) is 0 Å². The van der Waals surface area contributed by atoms with E-state index >= 15 is 0 Å². The van der Waals surface area contributed by atoms with E-state index in [1.165, 1.54) is 37.9 Å². The van der Waals surface area contributed by atoms with Gasteiger partial charge in [-0.2, -0.15) is 0 Å². The van der Waals surface area contributed by atoms with E-state index in [9.17, 15) is 14.4 Å². The molecule has 5 rings (SSSR count). The first-order chi connectivity index (χ1) is 21.3. The maximum absolute atomic E-state index is 13.7. The zero-order chi connectivity index (χ0) is 31.2. The van der Waals surface area contributed by atoms with Gasteiger partial charge in [0.05, 0.1) is 26.2 Å². The fourth-order valence-electron chi connectivity index (χ4n) is 5.31. The predicted octanol–water partition coefficient (Wildman–Crippen LogP) is 6.80. The Morgan fingerprint density at radius 3 is 2.27 bits per heavy atom. The van der Waals surface area contributed by atoms with Crippen LogP contribution in [0.5, 0.6) is 23.0 Å². The number of methoxy groups -OCH3 is 3. The molecule has 0 saturated carbocycles. The fourth-order valence-corrected chi connectivity index (χ4v) is 6.19. The molecule has 0 N–H and O–H groups in total. The van der Waals surface area contributed by atoms with Crippen LogP contribution in [0.1, 0.15) is 46.5 Å². The largest absolute Gasteiger partial charge is 0.493 e. The molecule has 1 aliphatic carbocycles. The van der Waals surface area contributed by atoms with Gasteiger partial charge in [-0.1, -0.05) is 48.5 Å². The molecule has 226 valence electrons. The molecule has 0 spiro atoms. The number of fused-ring (bicyclic) bond motifs is 3. The summed E-state index contributed by atoms with van der Waals surface area (Å²) in [6.07, 6.45) is 0.0532. The standard InChI is InChI=1S/C35H32O8S/c1-21(36)42-28-13-9-8-12-25(28)35(38)43-29-16-14-23-18-30(39-2)33(40-3)34(41-4)32(23)24-15-17-31(27(37)19-26(24)29)44-20-22-10-6-5-7-11-22/h5-13,15,17-19,29H,14,16,20H2,1-4H3/t29-/m0/s1. The van der Waals surface area contributed by atoms with Crippen molar-refractivity contribution < 1.29 is 33.3 Å². The van der Waals surface area contributed by atoms with Gasteiger partial charge in [-0.05, 0) is 59.9 Å². The van der Waals surface area contributed by atoms with Gasteiger partial charge in [-0.3, -0.25) is 9.59 Å². The summed E-state index contributed by atoms with van der Waals surface area (Å²) < 4.78 is 28.6. The molecule has 0 heterocycles. The molecule has 0 amide bonds. The third-order valence-corrected chi connectivity index (χ3v) is 8.42. The third-order valence-electron chi connectivity index (χ3n) is 7.29. The smallest absolute Gasteiger partial charge is 0.342 e. The van der Waals surface area contributed by atoms with Crippen molar-refractivity contribution in [3.05, 3.63) is 111 Å². The Balaban J connectivity index is 1.64. The minimum atomic E-state index is -0.802. The van der Waals surface area contributed by atoms with Crippen molar-refractivity contribution in [2.45, 2.75) is 36.5 Å². The summed E-state index contributed by atoms with van der Waals surface area (Å²) >= 11 is 1.44. The van der Waals surface area contributed by atoms with Gasteiger partial charge < -0.3 is 23.7 Å². The molecule has 8 nitrogen and oxygen atoms in total. The maximum Gasteiger partial charge on any atom is 0.342 e. The molecular weight excluding hydrogens is 580 g/mol. The number of aryl methyl sites for hydroxylation is 1. The van der Waals surface area contributed by atoms with Crippen LogP contribution in [0, 0.1) is 0 Å². The number of hydrogen-bond donors (Lipinski definition) is 0. The number of esters is 2. The van der Waals surface area contributed by atoms with E-state index in [-0.39, 0.29) is 16.7 Å². The van der Waals surface area contributed by atoms with Crippen molar-refractivity contribution in [2.24, 2.45) is 0 Å². The monoisotopic (exact) mass is 612 g/mol. The molecule has 0 fully saturated rings. The Morgan fingerprint density at radius 1 is 0.841 bits per heavy atom. The van der Waals surface area contributed by atoms with Gasteiger partial charge in [0.25, 0.3) is 0 Å². The minimum Gasteiger partial charge on any atom is -0.493 e. The van der Waals surface area contributed by atoms with Gasteiger partial charge in [-0.25, -0.2) is 4.79 Å². The second kappa shape index (κ2) is 13.7. The molecule has 0 unspecified atom stereocenters. The van der Waals surface area contributed by atoms with Crippen LogP contribution in [0.2, 0.25) is 0 Å². The summed E-state index contributed by atoms with van der Waals surface area (Å²) in [5.74, 6) is 0.842. The van der Waals surface area contributed by atoms with E-state index in [1.807, 2.05) is 42.5 Å². The average molecular weight is 613 g/mol. The molecule has 44 heavy (non-hydrogen) atoms. The first-order valence-corrected chi connectivity index (χ1v) is 15.0. The Hall–Kier alpha value is -4.76. The lowest BCUT2D eigenvalue weighted by Crippen LogP contribution is -2.15. The molecule has 0 saturated heterocycles. The molecule has 0 radical (unpaired) electrons. The van der Waals surface area contributed by atoms with Crippen molar-refractivity contribution in [2.75, 3.05) is 21.3 Å². The van der Waals surface area contributed by atoms with Gasteiger partial charge in [0.15, 0.2) is 16.9 Å². The van der Waals surface area contributed by atoms with Crippen molar-refractivity contribution in [1.82, 2.24) is 0 Å². The SMILES string of the molecule is COc1cc2c(c(OC)c1OC)-c1ccc(SCc3ccccc3)c(=O)cc1[C@@H](OC(=O)c1ccccc1OC(C)=O)CC2. The van der Waals surface area contributed by atoms with Crippen LogP contribution in [0.3, 0.4) is 0 Å². The first-order valence-electron chi connectivity index (χ1n) is 14.0. The molecule has 0 bridgehead atoms. The number of rotatable bonds is 9. The molecule has 0 aliphatic heterocycles. The summed E-state index contributed by atoms with van der Waals surface area (Å²) in [6, 6.07) is 23.4. The average Bonchev–Trinajstić information content (AvgIpc) is 3.27. The van der Waals surface area contributed by atoms with Gasteiger partial charge in [-0.15, -0.1) is 11.8 Å². The highest BCUT2D eigenvalue weighted by Crippen LogP contribution is 2.50. The quantitative estimate of drug-likeness (QED) is 0.115. The number of carbonyl (C=O) groups is 2. The van der Waals surface area contributed by atoms with E-state index in [4.69, 9.17) is 23.7 Å². The fraction of sp³-hybridized carbons (Fsp3) is 0.229. The van der Waals surface area contributed by atoms with E-state index < -0.39 is 18.0 Å². The summed E-state index contributed by atoms with van der Waals surface area (Å²) in [4.78, 5) is 39.5. The molecule has 9 heteroatoms. The molecule has 4 aromatic rings. The lowest BCUT2D eigenvalue weighted by Gasteiger charge is -2.20. The molecule has 1 aliphatic rings. The lowest BCUT2D eigenvalue weighted by molar-refractivity contribution is -0.131. The topological polar surface area (TPSA) is 97.4 Å². The van der Waals surface area contributed by atoms with E-state index in [0.717, 1.165) is 16.7 Å². The Bertz CT molecular complexity index is 1750. The zero-order valence-corrected chi connectivity index (χ0v) is 25.7. The second-order valence-corrected chi connectivity index (χ2v) is 11.1. The van der Waals surface area contributed by atoms with Crippen molar-refractivity contribution in [3.63, 3.8) is 0 Å². The van der Waals surface area contributed by atoms with Crippen LogP contribution >= 0.6 is 11.8 Å². The van der Waals surface area contributed by atoms with Crippen LogP contribution in [-0.4, -0.2) is 33.3 Å².